The molecule has 2 aromatic carbocycles. The van der Waals surface area contributed by atoms with Crippen LogP contribution < -0.4 is 10.6 Å². The van der Waals surface area contributed by atoms with Gasteiger partial charge in [-0.15, -0.1) is 0 Å². The lowest BCUT2D eigenvalue weighted by Crippen LogP contribution is -2.55. The highest BCUT2D eigenvalue weighted by Crippen LogP contribution is 2.13. The minimum absolute atomic E-state index is 0.205. The summed E-state index contributed by atoms with van der Waals surface area (Å²) in [5, 5.41) is 17.1. The summed E-state index contributed by atoms with van der Waals surface area (Å²) in [4.78, 5) is 29.1. The molecule has 0 saturated heterocycles. The van der Waals surface area contributed by atoms with Crippen molar-refractivity contribution in [2.24, 2.45) is 5.92 Å². The van der Waals surface area contributed by atoms with Crippen LogP contribution in [0, 0.1) is 12.8 Å². The zero-order chi connectivity index (χ0) is 26.7. The van der Waals surface area contributed by atoms with E-state index in [9.17, 15) is 14.7 Å². The molecular formula is C29H44N4O3. The minimum Gasteiger partial charge on any atom is -0.390 e. The Morgan fingerprint density at radius 1 is 0.889 bits per heavy atom. The van der Waals surface area contributed by atoms with Gasteiger partial charge >= 0.3 is 0 Å². The number of rotatable bonds is 14. The molecule has 0 spiro atoms. The van der Waals surface area contributed by atoms with Crippen molar-refractivity contribution >= 4 is 11.8 Å². The van der Waals surface area contributed by atoms with E-state index in [0.717, 1.165) is 18.7 Å². The highest BCUT2D eigenvalue weighted by atomic mass is 16.3. The Hall–Kier alpha value is -2.74. The molecule has 2 aromatic rings. The van der Waals surface area contributed by atoms with Gasteiger partial charge in [-0.05, 0) is 51.4 Å². The first-order valence-corrected chi connectivity index (χ1v) is 12.8. The number of nitrogens with one attached hydrogen (secondary N) is 2. The lowest BCUT2D eigenvalue weighted by molar-refractivity contribution is -0.129. The number of hydrogen-bond acceptors (Lipinski definition) is 5. The predicted octanol–water partition coefficient (Wildman–Crippen LogP) is 2.61. The first-order chi connectivity index (χ1) is 17.0. The second-order valence-corrected chi connectivity index (χ2v) is 10.5. The van der Waals surface area contributed by atoms with Crippen LogP contribution >= 0.6 is 0 Å². The SMILES string of the molecule is Cc1ccc(CN(CC(C)C)CC(O)C(Cc2ccccc2)NC(=O)C(C)NC(=O)CN(C)C)cc1. The summed E-state index contributed by atoms with van der Waals surface area (Å²) in [7, 11) is 3.60. The molecule has 198 valence electrons. The topological polar surface area (TPSA) is 84.9 Å². The van der Waals surface area contributed by atoms with Gasteiger partial charge in [0, 0.05) is 19.6 Å². The van der Waals surface area contributed by atoms with E-state index in [-0.39, 0.29) is 18.4 Å². The number of aliphatic hydroxyl groups excluding tert-OH is 1. The molecule has 0 radical (unpaired) electrons. The van der Waals surface area contributed by atoms with Gasteiger partial charge < -0.3 is 20.6 Å². The van der Waals surface area contributed by atoms with Crippen LogP contribution in [0.5, 0.6) is 0 Å². The third kappa shape index (κ3) is 10.9. The monoisotopic (exact) mass is 496 g/mol. The molecule has 3 N–H and O–H groups in total. The second kappa shape index (κ2) is 14.7. The molecule has 2 amide bonds. The van der Waals surface area contributed by atoms with E-state index in [0.29, 0.717) is 18.9 Å². The van der Waals surface area contributed by atoms with Gasteiger partial charge in [-0.1, -0.05) is 74.0 Å². The molecule has 0 aliphatic heterocycles. The number of likely N-dealkylation sites (N-methyl/N-ethyl adjacent to an activating group) is 1. The molecular weight excluding hydrogens is 452 g/mol. The molecule has 36 heavy (non-hydrogen) atoms. The maximum absolute atomic E-state index is 13.0. The van der Waals surface area contributed by atoms with Crippen LogP contribution in [0.1, 0.15) is 37.5 Å². The lowest BCUT2D eigenvalue weighted by Gasteiger charge is -2.32. The van der Waals surface area contributed by atoms with Gasteiger partial charge in [0.2, 0.25) is 11.8 Å². The molecule has 2 rings (SSSR count). The Labute approximate surface area is 216 Å². The number of aliphatic hydroxyl groups is 1. The predicted molar refractivity (Wildman–Crippen MR) is 146 cm³/mol. The van der Waals surface area contributed by atoms with Gasteiger partial charge in [0.1, 0.15) is 6.04 Å². The maximum Gasteiger partial charge on any atom is 0.242 e. The summed E-state index contributed by atoms with van der Waals surface area (Å²) in [5.74, 6) is -0.100. The van der Waals surface area contributed by atoms with E-state index in [1.165, 1.54) is 11.1 Å². The summed E-state index contributed by atoms with van der Waals surface area (Å²) in [5.41, 5.74) is 3.43. The summed E-state index contributed by atoms with van der Waals surface area (Å²) < 4.78 is 0. The summed E-state index contributed by atoms with van der Waals surface area (Å²) in [6, 6.07) is 17.1. The number of aryl methyl sites for hydroxylation is 1. The Morgan fingerprint density at radius 3 is 2.11 bits per heavy atom. The van der Waals surface area contributed by atoms with Crippen molar-refractivity contribution in [2.45, 2.75) is 58.8 Å². The van der Waals surface area contributed by atoms with Gasteiger partial charge in [-0.3, -0.25) is 14.5 Å². The van der Waals surface area contributed by atoms with Crippen molar-refractivity contribution < 1.29 is 14.7 Å². The average Bonchev–Trinajstić information content (AvgIpc) is 2.79. The van der Waals surface area contributed by atoms with Crippen LogP contribution in [0.3, 0.4) is 0 Å². The van der Waals surface area contributed by atoms with E-state index >= 15 is 0 Å². The molecule has 0 aliphatic carbocycles. The average molecular weight is 497 g/mol. The number of benzene rings is 2. The minimum atomic E-state index is -0.789. The van der Waals surface area contributed by atoms with Crippen LogP contribution in [-0.2, 0) is 22.6 Å². The normalized spacial score (nSPS) is 14.1. The second-order valence-electron chi connectivity index (χ2n) is 10.5. The number of nitrogens with zero attached hydrogens (tertiary/aromatic N) is 2. The summed E-state index contributed by atoms with van der Waals surface area (Å²) in [6.45, 7) is 10.2. The zero-order valence-electron chi connectivity index (χ0n) is 22.7. The Bertz CT molecular complexity index is 931. The fraction of sp³-hybridized carbons (Fsp3) is 0.517. The van der Waals surface area contributed by atoms with Crippen molar-refractivity contribution in [2.75, 3.05) is 33.7 Å². The highest BCUT2D eigenvalue weighted by Gasteiger charge is 2.27. The standard InChI is InChI=1S/C29H44N4O3/c1-21(2)17-33(18-25-14-12-22(3)13-15-25)19-27(34)26(16-24-10-8-7-9-11-24)31-29(36)23(4)30-28(35)20-32(5)6/h7-15,21,23,26-27,34H,16-20H2,1-6H3,(H,30,35)(H,31,36). The molecule has 0 aliphatic rings. The van der Waals surface area contributed by atoms with Crippen LogP contribution in [0.15, 0.2) is 54.6 Å². The van der Waals surface area contributed by atoms with Crippen LogP contribution in [0.4, 0.5) is 0 Å². The third-order valence-electron chi connectivity index (χ3n) is 5.92. The van der Waals surface area contributed by atoms with Crippen LogP contribution in [0.25, 0.3) is 0 Å². The Balaban J connectivity index is 2.14. The number of carbonyl (C=O) groups excluding carboxylic acids is 2. The van der Waals surface area contributed by atoms with Crippen LogP contribution in [-0.4, -0.2) is 78.6 Å². The molecule has 3 unspecified atom stereocenters. The van der Waals surface area contributed by atoms with Crippen molar-refractivity contribution in [3.05, 3.63) is 71.3 Å². The van der Waals surface area contributed by atoms with E-state index in [4.69, 9.17) is 0 Å². The summed E-state index contributed by atoms with van der Waals surface area (Å²) in [6.07, 6.45) is -0.297. The molecule has 0 bridgehead atoms. The molecule has 7 heteroatoms. The van der Waals surface area contributed by atoms with Crippen molar-refractivity contribution in [3.8, 4) is 0 Å². The molecule has 0 heterocycles. The van der Waals surface area contributed by atoms with Gasteiger partial charge in [-0.2, -0.15) is 0 Å². The van der Waals surface area contributed by atoms with Gasteiger partial charge in [0.05, 0.1) is 18.7 Å². The van der Waals surface area contributed by atoms with E-state index in [2.05, 4.69) is 60.6 Å². The molecule has 3 atom stereocenters. The van der Waals surface area contributed by atoms with Gasteiger partial charge in [-0.25, -0.2) is 0 Å². The lowest BCUT2D eigenvalue weighted by atomic mass is 9.99. The number of carbonyl (C=O) groups is 2. The van der Waals surface area contributed by atoms with E-state index < -0.39 is 18.2 Å². The zero-order valence-corrected chi connectivity index (χ0v) is 22.7. The van der Waals surface area contributed by atoms with Gasteiger partial charge in [0.15, 0.2) is 0 Å². The fourth-order valence-electron chi connectivity index (χ4n) is 4.16. The molecule has 0 saturated carbocycles. The van der Waals surface area contributed by atoms with Crippen molar-refractivity contribution in [1.29, 1.82) is 0 Å². The van der Waals surface area contributed by atoms with E-state index in [1.54, 1.807) is 25.9 Å². The first kappa shape index (κ1) is 29.5. The third-order valence-corrected chi connectivity index (χ3v) is 5.92. The smallest absolute Gasteiger partial charge is 0.242 e. The number of hydrogen-bond donors (Lipinski definition) is 3. The molecule has 0 aromatic heterocycles. The largest absolute Gasteiger partial charge is 0.390 e. The fourth-order valence-corrected chi connectivity index (χ4v) is 4.16. The quantitative estimate of drug-likeness (QED) is 0.374. The summed E-state index contributed by atoms with van der Waals surface area (Å²) >= 11 is 0. The number of amides is 2. The van der Waals surface area contributed by atoms with Gasteiger partial charge in [0.25, 0.3) is 0 Å². The van der Waals surface area contributed by atoms with E-state index in [1.807, 2.05) is 30.3 Å². The maximum atomic E-state index is 13.0. The van der Waals surface area contributed by atoms with Crippen molar-refractivity contribution in [3.63, 3.8) is 0 Å². The molecule has 0 fully saturated rings. The Kier molecular flexibility index (Phi) is 12.1. The first-order valence-electron chi connectivity index (χ1n) is 12.8. The van der Waals surface area contributed by atoms with Crippen LogP contribution in [0.2, 0.25) is 0 Å². The Morgan fingerprint density at radius 2 is 1.53 bits per heavy atom. The molecule has 7 nitrogen and oxygen atoms in total. The highest BCUT2D eigenvalue weighted by molar-refractivity contribution is 5.88. The van der Waals surface area contributed by atoms with Crippen molar-refractivity contribution in [1.82, 2.24) is 20.4 Å².